The second kappa shape index (κ2) is 5.42. The van der Waals surface area contributed by atoms with E-state index in [2.05, 4.69) is 14.9 Å². The Labute approximate surface area is 139 Å². The zero-order valence-corrected chi connectivity index (χ0v) is 15.0. The SMILES string of the molecule is Cc1nn(C)c2nc(N3CCN(C4CCS(=O)(=O)C4)CC3)sc12. The van der Waals surface area contributed by atoms with Crippen molar-refractivity contribution in [3.05, 3.63) is 5.69 Å². The Morgan fingerprint density at radius 2 is 1.96 bits per heavy atom. The van der Waals surface area contributed by atoms with Gasteiger partial charge in [-0.2, -0.15) is 5.10 Å². The molecule has 1 unspecified atom stereocenters. The van der Waals surface area contributed by atoms with Crippen LogP contribution in [-0.2, 0) is 16.9 Å². The summed E-state index contributed by atoms with van der Waals surface area (Å²) in [4.78, 5) is 9.38. The molecule has 4 heterocycles. The normalized spacial score (nSPS) is 25.5. The van der Waals surface area contributed by atoms with Crippen LogP contribution in [0.1, 0.15) is 12.1 Å². The van der Waals surface area contributed by atoms with E-state index in [1.807, 2.05) is 18.7 Å². The van der Waals surface area contributed by atoms with E-state index in [9.17, 15) is 8.42 Å². The van der Waals surface area contributed by atoms with Crippen LogP contribution in [0.3, 0.4) is 0 Å². The number of rotatable bonds is 2. The van der Waals surface area contributed by atoms with Crippen LogP contribution in [0.4, 0.5) is 5.13 Å². The number of aromatic nitrogens is 3. The minimum atomic E-state index is -2.81. The van der Waals surface area contributed by atoms with E-state index in [4.69, 9.17) is 4.98 Å². The maximum Gasteiger partial charge on any atom is 0.188 e. The predicted molar refractivity (Wildman–Crippen MR) is 92.0 cm³/mol. The number of hydrogen-bond acceptors (Lipinski definition) is 7. The summed E-state index contributed by atoms with van der Waals surface area (Å²) in [6.45, 7) is 5.65. The number of piperazine rings is 1. The highest BCUT2D eigenvalue weighted by atomic mass is 32.2. The molecule has 0 spiro atoms. The molecule has 1 atom stereocenters. The van der Waals surface area contributed by atoms with Gasteiger partial charge in [-0.15, -0.1) is 0 Å². The standard InChI is InChI=1S/C14H21N5O2S2/c1-10-12-13(17(2)16-10)15-14(22-12)19-6-4-18(5-7-19)11-3-8-23(20,21)9-11/h11H,3-9H2,1-2H3. The number of nitrogens with zero attached hydrogens (tertiary/aromatic N) is 5. The summed E-state index contributed by atoms with van der Waals surface area (Å²) in [6, 6.07) is 0.212. The van der Waals surface area contributed by atoms with E-state index in [0.29, 0.717) is 11.5 Å². The van der Waals surface area contributed by atoms with Crippen molar-refractivity contribution in [3.63, 3.8) is 0 Å². The molecule has 2 aromatic heterocycles. The van der Waals surface area contributed by atoms with Crippen molar-refractivity contribution in [3.8, 4) is 0 Å². The molecule has 0 bridgehead atoms. The Bertz CT molecular complexity index is 798. The van der Waals surface area contributed by atoms with Gasteiger partial charge in [0.1, 0.15) is 0 Å². The lowest BCUT2D eigenvalue weighted by molar-refractivity contribution is 0.200. The van der Waals surface area contributed by atoms with Crippen LogP contribution >= 0.6 is 11.3 Å². The molecule has 7 nitrogen and oxygen atoms in total. The predicted octanol–water partition coefficient (Wildman–Crippen LogP) is 0.647. The van der Waals surface area contributed by atoms with Gasteiger partial charge in [0, 0.05) is 39.3 Å². The van der Waals surface area contributed by atoms with Gasteiger partial charge in [-0.1, -0.05) is 11.3 Å². The molecule has 0 aromatic carbocycles. The molecule has 0 radical (unpaired) electrons. The van der Waals surface area contributed by atoms with Gasteiger partial charge in [0.15, 0.2) is 20.6 Å². The van der Waals surface area contributed by atoms with Gasteiger partial charge in [-0.25, -0.2) is 18.1 Å². The average Bonchev–Trinajstić information content (AvgIpc) is 3.16. The van der Waals surface area contributed by atoms with E-state index in [-0.39, 0.29) is 6.04 Å². The molecule has 9 heteroatoms. The summed E-state index contributed by atoms with van der Waals surface area (Å²) in [5, 5.41) is 5.45. The lowest BCUT2D eigenvalue weighted by Gasteiger charge is -2.37. The van der Waals surface area contributed by atoms with E-state index in [1.165, 1.54) is 0 Å². The first-order valence-electron chi connectivity index (χ1n) is 7.92. The minimum Gasteiger partial charge on any atom is -0.345 e. The fraction of sp³-hybridized carbons (Fsp3) is 0.714. The van der Waals surface area contributed by atoms with Gasteiger partial charge in [0.05, 0.1) is 21.9 Å². The van der Waals surface area contributed by atoms with Crippen molar-refractivity contribution in [1.82, 2.24) is 19.7 Å². The van der Waals surface area contributed by atoms with Crippen LogP contribution in [0.2, 0.25) is 0 Å². The molecule has 2 aromatic rings. The third-order valence-electron chi connectivity index (χ3n) is 4.84. The molecular formula is C14H21N5O2S2. The van der Waals surface area contributed by atoms with E-state index in [1.54, 1.807) is 11.3 Å². The first kappa shape index (κ1) is 15.3. The topological polar surface area (TPSA) is 71.3 Å². The smallest absolute Gasteiger partial charge is 0.188 e. The van der Waals surface area contributed by atoms with E-state index in [0.717, 1.165) is 53.8 Å². The Hall–Kier alpha value is -1.19. The van der Waals surface area contributed by atoms with Crippen LogP contribution in [0.5, 0.6) is 0 Å². The van der Waals surface area contributed by atoms with E-state index >= 15 is 0 Å². The van der Waals surface area contributed by atoms with Crippen LogP contribution < -0.4 is 4.90 Å². The van der Waals surface area contributed by atoms with Gasteiger partial charge >= 0.3 is 0 Å². The lowest BCUT2D eigenvalue weighted by Crippen LogP contribution is -2.50. The molecule has 4 rings (SSSR count). The van der Waals surface area contributed by atoms with Crippen molar-refractivity contribution < 1.29 is 8.42 Å². The summed E-state index contributed by atoms with van der Waals surface area (Å²) in [5.41, 5.74) is 1.98. The summed E-state index contributed by atoms with van der Waals surface area (Å²) in [6.07, 6.45) is 0.786. The maximum absolute atomic E-state index is 11.6. The quantitative estimate of drug-likeness (QED) is 0.788. The van der Waals surface area contributed by atoms with E-state index < -0.39 is 9.84 Å². The van der Waals surface area contributed by atoms with Crippen LogP contribution in [-0.4, -0.2) is 71.8 Å². The number of thiazole rings is 1. The van der Waals surface area contributed by atoms with Crippen molar-refractivity contribution in [2.45, 2.75) is 19.4 Å². The van der Waals surface area contributed by atoms with Crippen LogP contribution in [0.15, 0.2) is 0 Å². The van der Waals surface area contributed by atoms with Crippen LogP contribution in [0, 0.1) is 6.92 Å². The maximum atomic E-state index is 11.6. The van der Waals surface area contributed by atoms with Gasteiger partial charge in [0.25, 0.3) is 0 Å². The molecule has 0 amide bonds. The van der Waals surface area contributed by atoms with Crippen molar-refractivity contribution >= 4 is 36.7 Å². The number of hydrogen-bond donors (Lipinski definition) is 0. The average molecular weight is 355 g/mol. The number of fused-ring (bicyclic) bond motifs is 1. The summed E-state index contributed by atoms with van der Waals surface area (Å²) in [7, 11) is -0.877. The summed E-state index contributed by atoms with van der Waals surface area (Å²) < 4.78 is 26.3. The van der Waals surface area contributed by atoms with Crippen molar-refractivity contribution in [1.29, 1.82) is 0 Å². The van der Waals surface area contributed by atoms with Crippen molar-refractivity contribution in [2.75, 3.05) is 42.6 Å². The molecule has 2 aliphatic heterocycles. The van der Waals surface area contributed by atoms with Crippen molar-refractivity contribution in [2.24, 2.45) is 7.05 Å². The molecule has 2 aliphatic rings. The Balaban J connectivity index is 1.45. The first-order valence-corrected chi connectivity index (χ1v) is 10.6. The highest BCUT2D eigenvalue weighted by molar-refractivity contribution is 7.91. The second-order valence-electron chi connectivity index (χ2n) is 6.44. The number of sulfone groups is 1. The van der Waals surface area contributed by atoms with Gasteiger partial charge in [-0.05, 0) is 13.3 Å². The van der Waals surface area contributed by atoms with Gasteiger partial charge < -0.3 is 4.90 Å². The van der Waals surface area contributed by atoms with Crippen LogP contribution in [0.25, 0.3) is 10.3 Å². The number of anilines is 1. The second-order valence-corrected chi connectivity index (χ2v) is 9.64. The molecule has 0 N–H and O–H groups in total. The summed E-state index contributed by atoms with van der Waals surface area (Å²) in [5.74, 6) is 0.682. The molecule has 0 aliphatic carbocycles. The zero-order valence-electron chi connectivity index (χ0n) is 13.4. The highest BCUT2D eigenvalue weighted by Gasteiger charge is 2.34. The summed E-state index contributed by atoms with van der Waals surface area (Å²) >= 11 is 1.70. The lowest BCUT2D eigenvalue weighted by atomic mass is 10.2. The fourth-order valence-electron chi connectivity index (χ4n) is 3.55. The Morgan fingerprint density at radius 3 is 2.57 bits per heavy atom. The Morgan fingerprint density at radius 1 is 1.22 bits per heavy atom. The Kier molecular flexibility index (Phi) is 3.62. The number of aryl methyl sites for hydroxylation is 2. The zero-order chi connectivity index (χ0) is 16.2. The van der Waals surface area contributed by atoms with Gasteiger partial charge in [-0.3, -0.25) is 4.90 Å². The van der Waals surface area contributed by atoms with Gasteiger partial charge in [0.2, 0.25) is 0 Å². The molecule has 0 saturated carbocycles. The largest absolute Gasteiger partial charge is 0.345 e. The third-order valence-corrected chi connectivity index (χ3v) is 7.81. The highest BCUT2D eigenvalue weighted by Crippen LogP contribution is 2.31. The molecule has 23 heavy (non-hydrogen) atoms. The molecule has 126 valence electrons. The molecular weight excluding hydrogens is 334 g/mol. The molecule has 2 saturated heterocycles. The molecule has 2 fully saturated rings. The first-order chi connectivity index (χ1) is 10.9. The fourth-order valence-corrected chi connectivity index (χ4v) is 6.40. The minimum absolute atomic E-state index is 0.212. The third kappa shape index (κ3) is 2.74. The monoisotopic (exact) mass is 355 g/mol.